The standard InChI is InChI=1S/C12H25NO2/c1-10-4-2-5-11(8-10)12(9-13)15-7-3-6-14/h10-12,14H,2-9,13H2,1H3. The number of aliphatic hydroxyl groups excluding tert-OH is 1. The van der Waals surface area contributed by atoms with Gasteiger partial charge >= 0.3 is 0 Å². The summed E-state index contributed by atoms with van der Waals surface area (Å²) >= 11 is 0. The molecule has 3 N–H and O–H groups in total. The maximum Gasteiger partial charge on any atom is 0.0725 e. The van der Waals surface area contributed by atoms with E-state index < -0.39 is 0 Å². The summed E-state index contributed by atoms with van der Waals surface area (Å²) in [4.78, 5) is 0. The molecule has 0 aliphatic heterocycles. The summed E-state index contributed by atoms with van der Waals surface area (Å²) in [5.74, 6) is 1.46. The van der Waals surface area contributed by atoms with Crippen molar-refractivity contribution >= 4 is 0 Å². The van der Waals surface area contributed by atoms with Gasteiger partial charge in [0.25, 0.3) is 0 Å². The molecule has 0 amide bonds. The van der Waals surface area contributed by atoms with Crippen molar-refractivity contribution in [3.05, 3.63) is 0 Å². The monoisotopic (exact) mass is 215 g/mol. The van der Waals surface area contributed by atoms with Gasteiger partial charge in [0, 0.05) is 19.8 Å². The smallest absolute Gasteiger partial charge is 0.0725 e. The predicted octanol–water partition coefficient (Wildman–Crippen LogP) is 1.54. The third kappa shape index (κ3) is 4.49. The molecule has 3 unspecified atom stereocenters. The molecule has 1 aliphatic carbocycles. The van der Waals surface area contributed by atoms with Crippen molar-refractivity contribution in [2.24, 2.45) is 17.6 Å². The molecule has 3 heteroatoms. The Morgan fingerprint density at radius 3 is 2.87 bits per heavy atom. The maximum absolute atomic E-state index is 8.69. The third-order valence-electron chi connectivity index (χ3n) is 3.37. The van der Waals surface area contributed by atoms with Crippen LogP contribution < -0.4 is 5.73 Å². The van der Waals surface area contributed by atoms with Gasteiger partial charge in [-0.1, -0.05) is 19.8 Å². The Hall–Kier alpha value is -0.120. The zero-order valence-corrected chi connectivity index (χ0v) is 9.82. The summed E-state index contributed by atoms with van der Waals surface area (Å²) in [5, 5.41) is 8.69. The number of nitrogens with two attached hydrogens (primary N) is 1. The highest BCUT2D eigenvalue weighted by Gasteiger charge is 2.26. The summed E-state index contributed by atoms with van der Waals surface area (Å²) in [5.41, 5.74) is 5.74. The van der Waals surface area contributed by atoms with Crippen LogP contribution in [0.15, 0.2) is 0 Å². The summed E-state index contributed by atoms with van der Waals surface area (Å²) in [6.45, 7) is 3.78. The van der Waals surface area contributed by atoms with E-state index >= 15 is 0 Å². The summed E-state index contributed by atoms with van der Waals surface area (Å²) in [6, 6.07) is 0. The van der Waals surface area contributed by atoms with Crippen LogP contribution in [-0.4, -0.2) is 31.0 Å². The van der Waals surface area contributed by atoms with E-state index in [1.807, 2.05) is 0 Å². The average molecular weight is 215 g/mol. The maximum atomic E-state index is 8.69. The molecule has 0 aromatic carbocycles. The molecule has 0 saturated heterocycles. The van der Waals surface area contributed by atoms with Gasteiger partial charge in [0.1, 0.15) is 0 Å². The number of ether oxygens (including phenoxy) is 1. The minimum absolute atomic E-state index is 0.207. The average Bonchev–Trinajstić information content (AvgIpc) is 2.24. The highest BCUT2D eigenvalue weighted by molar-refractivity contribution is 4.78. The van der Waals surface area contributed by atoms with Gasteiger partial charge in [0.05, 0.1) is 6.10 Å². The first kappa shape index (κ1) is 12.9. The minimum Gasteiger partial charge on any atom is -0.396 e. The molecule has 1 aliphatic rings. The van der Waals surface area contributed by atoms with Crippen molar-refractivity contribution in [3.8, 4) is 0 Å². The van der Waals surface area contributed by atoms with E-state index in [2.05, 4.69) is 6.92 Å². The van der Waals surface area contributed by atoms with Crippen LogP contribution in [0.5, 0.6) is 0 Å². The highest BCUT2D eigenvalue weighted by Crippen LogP contribution is 2.31. The zero-order chi connectivity index (χ0) is 11.1. The molecular formula is C12H25NO2. The van der Waals surface area contributed by atoms with Crippen LogP contribution in [0, 0.1) is 11.8 Å². The topological polar surface area (TPSA) is 55.5 Å². The molecule has 15 heavy (non-hydrogen) atoms. The van der Waals surface area contributed by atoms with E-state index in [-0.39, 0.29) is 12.7 Å². The molecule has 0 aromatic rings. The largest absolute Gasteiger partial charge is 0.396 e. The SMILES string of the molecule is CC1CCCC(C(CN)OCCCO)C1. The van der Waals surface area contributed by atoms with E-state index in [0.29, 0.717) is 19.1 Å². The Labute approximate surface area is 93.0 Å². The van der Waals surface area contributed by atoms with Crippen LogP contribution in [0.2, 0.25) is 0 Å². The lowest BCUT2D eigenvalue weighted by Crippen LogP contribution is -2.35. The lowest BCUT2D eigenvalue weighted by Gasteiger charge is -2.32. The van der Waals surface area contributed by atoms with Crippen LogP contribution in [0.3, 0.4) is 0 Å². The fourth-order valence-electron chi connectivity index (χ4n) is 2.51. The Morgan fingerprint density at radius 2 is 2.27 bits per heavy atom. The van der Waals surface area contributed by atoms with Crippen LogP contribution >= 0.6 is 0 Å². The van der Waals surface area contributed by atoms with Crippen molar-refractivity contribution in [3.63, 3.8) is 0 Å². The van der Waals surface area contributed by atoms with Gasteiger partial charge in [0.2, 0.25) is 0 Å². The molecule has 1 rings (SSSR count). The number of rotatable bonds is 6. The zero-order valence-electron chi connectivity index (χ0n) is 9.82. The molecule has 0 aromatic heterocycles. The molecule has 3 nitrogen and oxygen atoms in total. The lowest BCUT2D eigenvalue weighted by molar-refractivity contribution is -0.00514. The summed E-state index contributed by atoms with van der Waals surface area (Å²) in [7, 11) is 0. The first-order chi connectivity index (χ1) is 7.27. The van der Waals surface area contributed by atoms with Crippen LogP contribution in [0.4, 0.5) is 0 Å². The van der Waals surface area contributed by atoms with Gasteiger partial charge in [0.15, 0.2) is 0 Å². The quantitative estimate of drug-likeness (QED) is 0.661. The summed E-state index contributed by atoms with van der Waals surface area (Å²) in [6.07, 6.45) is 6.10. The van der Waals surface area contributed by atoms with Crippen molar-refractivity contribution in [2.75, 3.05) is 19.8 Å². The second-order valence-corrected chi connectivity index (χ2v) is 4.75. The van der Waals surface area contributed by atoms with Crippen LogP contribution in [0.1, 0.15) is 39.0 Å². The molecule has 1 fully saturated rings. The van der Waals surface area contributed by atoms with Gasteiger partial charge in [-0.2, -0.15) is 0 Å². The molecule has 0 radical (unpaired) electrons. The molecule has 0 bridgehead atoms. The number of hydrogen-bond donors (Lipinski definition) is 2. The lowest BCUT2D eigenvalue weighted by atomic mass is 9.79. The van der Waals surface area contributed by atoms with Gasteiger partial charge in [-0.15, -0.1) is 0 Å². The second kappa shape index (κ2) is 7.20. The number of aliphatic hydroxyl groups is 1. The van der Waals surface area contributed by atoms with E-state index in [4.69, 9.17) is 15.6 Å². The Balaban J connectivity index is 2.29. The third-order valence-corrected chi connectivity index (χ3v) is 3.37. The Bertz CT molecular complexity index is 164. The van der Waals surface area contributed by atoms with Crippen LogP contribution in [-0.2, 0) is 4.74 Å². The van der Waals surface area contributed by atoms with Crippen LogP contribution in [0.25, 0.3) is 0 Å². The molecular weight excluding hydrogens is 190 g/mol. The van der Waals surface area contributed by atoms with Crippen molar-refractivity contribution in [2.45, 2.75) is 45.1 Å². The van der Waals surface area contributed by atoms with E-state index in [9.17, 15) is 0 Å². The van der Waals surface area contributed by atoms with E-state index in [0.717, 1.165) is 12.3 Å². The molecule has 0 heterocycles. The van der Waals surface area contributed by atoms with Gasteiger partial charge in [-0.05, 0) is 31.1 Å². The molecule has 90 valence electrons. The Kier molecular flexibility index (Phi) is 6.22. The van der Waals surface area contributed by atoms with Crippen molar-refractivity contribution in [1.29, 1.82) is 0 Å². The van der Waals surface area contributed by atoms with Gasteiger partial charge in [-0.3, -0.25) is 0 Å². The van der Waals surface area contributed by atoms with E-state index in [1.54, 1.807) is 0 Å². The van der Waals surface area contributed by atoms with Crippen molar-refractivity contribution in [1.82, 2.24) is 0 Å². The first-order valence-electron chi connectivity index (χ1n) is 6.20. The predicted molar refractivity (Wildman–Crippen MR) is 61.6 cm³/mol. The minimum atomic E-state index is 0.207. The molecule has 0 spiro atoms. The van der Waals surface area contributed by atoms with Crippen molar-refractivity contribution < 1.29 is 9.84 Å². The second-order valence-electron chi connectivity index (χ2n) is 4.75. The van der Waals surface area contributed by atoms with Gasteiger partial charge < -0.3 is 15.6 Å². The number of hydrogen-bond acceptors (Lipinski definition) is 3. The molecule has 3 atom stereocenters. The fourth-order valence-corrected chi connectivity index (χ4v) is 2.51. The fraction of sp³-hybridized carbons (Fsp3) is 1.00. The summed E-state index contributed by atoms with van der Waals surface area (Å²) < 4.78 is 5.73. The van der Waals surface area contributed by atoms with Gasteiger partial charge in [-0.25, -0.2) is 0 Å². The molecule has 1 saturated carbocycles. The normalized spacial score (nSPS) is 29.0. The first-order valence-corrected chi connectivity index (χ1v) is 6.20. The highest BCUT2D eigenvalue weighted by atomic mass is 16.5. The Morgan fingerprint density at radius 1 is 1.47 bits per heavy atom. The van der Waals surface area contributed by atoms with E-state index in [1.165, 1.54) is 25.7 Å².